The average Bonchev–Trinajstić information content (AvgIpc) is 2.88. The molecule has 1 aliphatic rings. The number of fused-ring (bicyclic) bond motifs is 1. The molecule has 0 bridgehead atoms. The van der Waals surface area contributed by atoms with Crippen LogP contribution in [0.4, 0.5) is 0 Å². The van der Waals surface area contributed by atoms with Gasteiger partial charge in [0.2, 0.25) is 0 Å². The molecule has 3 N–H and O–H groups in total. The van der Waals surface area contributed by atoms with E-state index in [0.717, 1.165) is 16.5 Å². The zero-order chi connectivity index (χ0) is 18.4. The van der Waals surface area contributed by atoms with Crippen LogP contribution >= 0.6 is 11.6 Å². The van der Waals surface area contributed by atoms with Crippen LogP contribution in [0.15, 0.2) is 18.2 Å². The second-order valence-electron chi connectivity index (χ2n) is 6.41. The van der Waals surface area contributed by atoms with Gasteiger partial charge in [0.15, 0.2) is 0 Å². The highest BCUT2D eigenvalue weighted by atomic mass is 35.5. The largest absolute Gasteiger partial charge is 0.348 e. The Hall–Kier alpha value is -1.61. The second kappa shape index (κ2) is 6.60. The van der Waals surface area contributed by atoms with Crippen molar-refractivity contribution in [3.8, 4) is 0 Å². The van der Waals surface area contributed by atoms with E-state index < -0.39 is 10.2 Å². The SMILES string of the molecule is Cc1ccc2c(cc(C(=O)NC3CCN(S(N)(=O)=O)CC3)n2C)c1Cl. The first-order valence-electron chi connectivity index (χ1n) is 8.01. The molecule has 1 amide bonds. The van der Waals surface area contributed by atoms with E-state index in [2.05, 4.69) is 5.32 Å². The van der Waals surface area contributed by atoms with Gasteiger partial charge < -0.3 is 9.88 Å². The number of hydrogen-bond donors (Lipinski definition) is 2. The van der Waals surface area contributed by atoms with E-state index in [1.807, 2.05) is 30.7 Å². The Kier molecular flexibility index (Phi) is 4.80. The van der Waals surface area contributed by atoms with E-state index in [1.165, 1.54) is 4.31 Å². The number of nitrogens with one attached hydrogen (secondary N) is 1. The van der Waals surface area contributed by atoms with Crippen molar-refractivity contribution in [1.29, 1.82) is 0 Å². The van der Waals surface area contributed by atoms with Crippen LogP contribution in [-0.2, 0) is 17.3 Å². The van der Waals surface area contributed by atoms with Crippen LogP contribution in [-0.4, -0.2) is 42.3 Å². The summed E-state index contributed by atoms with van der Waals surface area (Å²) >= 11 is 6.35. The lowest BCUT2D eigenvalue weighted by atomic mass is 10.1. The number of carbonyl (C=O) groups is 1. The van der Waals surface area contributed by atoms with Gasteiger partial charge in [-0.05, 0) is 37.5 Å². The van der Waals surface area contributed by atoms with Crippen LogP contribution in [0.3, 0.4) is 0 Å². The summed E-state index contributed by atoms with van der Waals surface area (Å²) in [5, 5.41) is 9.60. The van der Waals surface area contributed by atoms with Crippen molar-refractivity contribution in [2.45, 2.75) is 25.8 Å². The minimum atomic E-state index is -3.66. The lowest BCUT2D eigenvalue weighted by Gasteiger charge is -2.30. The second-order valence-corrected chi connectivity index (χ2v) is 8.33. The smallest absolute Gasteiger partial charge is 0.276 e. The molecular formula is C16H21ClN4O3S. The summed E-state index contributed by atoms with van der Waals surface area (Å²) < 4.78 is 25.7. The van der Waals surface area contributed by atoms with Crippen LogP contribution in [0.25, 0.3) is 10.9 Å². The number of aromatic nitrogens is 1. The minimum absolute atomic E-state index is 0.0827. The molecule has 0 atom stereocenters. The number of nitrogens with zero attached hydrogens (tertiary/aromatic N) is 2. The highest BCUT2D eigenvalue weighted by Gasteiger charge is 2.27. The molecule has 1 fully saturated rings. The van der Waals surface area contributed by atoms with E-state index in [9.17, 15) is 13.2 Å². The highest BCUT2D eigenvalue weighted by molar-refractivity contribution is 7.86. The van der Waals surface area contributed by atoms with Gasteiger partial charge in [0.05, 0.1) is 5.02 Å². The Balaban J connectivity index is 1.76. The molecule has 3 rings (SSSR count). The summed E-state index contributed by atoms with van der Waals surface area (Å²) in [5.41, 5.74) is 2.38. The van der Waals surface area contributed by atoms with Crippen molar-refractivity contribution in [3.05, 3.63) is 34.5 Å². The molecule has 2 aromatic rings. The van der Waals surface area contributed by atoms with E-state index in [-0.39, 0.29) is 11.9 Å². The monoisotopic (exact) mass is 384 g/mol. The number of hydrogen-bond acceptors (Lipinski definition) is 3. The summed E-state index contributed by atoms with van der Waals surface area (Å²) in [5.74, 6) is -0.193. The standard InChI is InChI=1S/C16H21ClN4O3S/c1-10-3-4-13-12(15(10)17)9-14(20(13)2)16(22)19-11-5-7-21(8-6-11)25(18,23)24/h3-4,9,11H,5-8H2,1-2H3,(H,19,22)(H2,18,23,24). The number of benzene rings is 1. The van der Waals surface area contributed by atoms with Gasteiger partial charge >= 0.3 is 0 Å². The average molecular weight is 385 g/mol. The molecule has 136 valence electrons. The van der Waals surface area contributed by atoms with Crippen LogP contribution in [0.1, 0.15) is 28.9 Å². The van der Waals surface area contributed by atoms with Crippen LogP contribution in [0, 0.1) is 6.92 Å². The van der Waals surface area contributed by atoms with Gasteiger partial charge in [0, 0.05) is 37.1 Å². The first kappa shape index (κ1) is 18.2. The summed E-state index contributed by atoms with van der Waals surface area (Å²) in [6.07, 6.45) is 1.07. The Morgan fingerprint density at radius 2 is 1.96 bits per heavy atom. The van der Waals surface area contributed by atoms with Crippen molar-refractivity contribution in [1.82, 2.24) is 14.2 Å². The first-order chi connectivity index (χ1) is 11.7. The molecule has 0 unspecified atom stereocenters. The molecule has 9 heteroatoms. The quantitative estimate of drug-likeness (QED) is 0.839. The fraction of sp³-hybridized carbons (Fsp3) is 0.438. The number of piperidine rings is 1. The number of carbonyl (C=O) groups excluding carboxylic acids is 1. The molecule has 0 radical (unpaired) electrons. The maximum Gasteiger partial charge on any atom is 0.276 e. The molecular weight excluding hydrogens is 364 g/mol. The minimum Gasteiger partial charge on any atom is -0.348 e. The Labute approximate surface area is 151 Å². The van der Waals surface area contributed by atoms with Gasteiger partial charge in [-0.2, -0.15) is 12.7 Å². The van der Waals surface area contributed by atoms with Gasteiger partial charge in [-0.25, -0.2) is 5.14 Å². The van der Waals surface area contributed by atoms with Crippen molar-refractivity contribution >= 4 is 38.6 Å². The van der Waals surface area contributed by atoms with Crippen molar-refractivity contribution in [2.75, 3.05) is 13.1 Å². The summed E-state index contributed by atoms with van der Waals surface area (Å²) in [7, 11) is -1.84. The molecule has 0 aliphatic carbocycles. The third-order valence-electron chi connectivity index (χ3n) is 4.74. The van der Waals surface area contributed by atoms with E-state index in [4.69, 9.17) is 16.7 Å². The van der Waals surface area contributed by atoms with Crippen LogP contribution in [0.2, 0.25) is 5.02 Å². The molecule has 1 saturated heterocycles. The van der Waals surface area contributed by atoms with Gasteiger partial charge in [-0.1, -0.05) is 17.7 Å². The maximum atomic E-state index is 12.6. The third kappa shape index (κ3) is 3.52. The Morgan fingerprint density at radius 3 is 2.56 bits per heavy atom. The molecule has 1 aromatic carbocycles. The van der Waals surface area contributed by atoms with Crippen molar-refractivity contribution < 1.29 is 13.2 Å². The van der Waals surface area contributed by atoms with E-state index >= 15 is 0 Å². The van der Waals surface area contributed by atoms with Crippen molar-refractivity contribution in [2.24, 2.45) is 12.2 Å². The van der Waals surface area contributed by atoms with Gasteiger partial charge in [-0.3, -0.25) is 4.79 Å². The van der Waals surface area contributed by atoms with Gasteiger partial charge in [0.25, 0.3) is 16.1 Å². The Morgan fingerprint density at radius 1 is 1.32 bits per heavy atom. The molecule has 2 heterocycles. The highest BCUT2D eigenvalue weighted by Crippen LogP contribution is 2.29. The molecule has 0 saturated carbocycles. The molecule has 0 spiro atoms. The number of halogens is 1. The van der Waals surface area contributed by atoms with Crippen LogP contribution < -0.4 is 10.5 Å². The molecule has 1 aliphatic heterocycles. The normalized spacial score (nSPS) is 17.1. The zero-order valence-corrected chi connectivity index (χ0v) is 15.7. The molecule has 7 nitrogen and oxygen atoms in total. The fourth-order valence-corrected chi connectivity index (χ4v) is 4.15. The zero-order valence-electron chi connectivity index (χ0n) is 14.1. The molecule has 25 heavy (non-hydrogen) atoms. The van der Waals surface area contributed by atoms with Crippen molar-refractivity contribution in [3.63, 3.8) is 0 Å². The molecule has 1 aromatic heterocycles. The fourth-order valence-electron chi connectivity index (χ4n) is 3.22. The first-order valence-corrected chi connectivity index (χ1v) is 9.90. The third-order valence-corrected chi connectivity index (χ3v) is 6.32. The number of rotatable bonds is 3. The predicted molar refractivity (Wildman–Crippen MR) is 97.8 cm³/mol. The number of aryl methyl sites for hydroxylation is 2. The Bertz CT molecular complexity index is 930. The summed E-state index contributed by atoms with van der Waals surface area (Å²) in [6, 6.07) is 5.58. The van der Waals surface area contributed by atoms with E-state index in [1.54, 1.807) is 6.07 Å². The van der Waals surface area contributed by atoms with Gasteiger partial charge in [0.1, 0.15) is 5.69 Å². The number of nitrogens with two attached hydrogens (primary N) is 1. The van der Waals surface area contributed by atoms with Crippen LogP contribution in [0.5, 0.6) is 0 Å². The maximum absolute atomic E-state index is 12.6. The summed E-state index contributed by atoms with van der Waals surface area (Å²) in [6.45, 7) is 2.54. The predicted octanol–water partition coefficient (Wildman–Crippen LogP) is 1.54. The number of amides is 1. The topological polar surface area (TPSA) is 97.4 Å². The lowest BCUT2D eigenvalue weighted by molar-refractivity contribution is 0.0916. The van der Waals surface area contributed by atoms with E-state index in [0.29, 0.717) is 36.6 Å². The van der Waals surface area contributed by atoms with Gasteiger partial charge in [-0.15, -0.1) is 0 Å². The lowest BCUT2D eigenvalue weighted by Crippen LogP contribution is -2.48. The summed E-state index contributed by atoms with van der Waals surface area (Å²) in [4.78, 5) is 12.6.